The van der Waals surface area contributed by atoms with Gasteiger partial charge in [0.05, 0.1) is 0 Å². The summed E-state index contributed by atoms with van der Waals surface area (Å²) in [5.74, 6) is -5.69. The van der Waals surface area contributed by atoms with Crippen molar-refractivity contribution >= 4 is 11.8 Å². The zero-order chi connectivity index (χ0) is 14.7. The highest BCUT2D eigenvalue weighted by Gasteiger charge is 2.72. The second-order valence-corrected chi connectivity index (χ2v) is 4.59. The molecule has 1 aromatic rings. The monoisotopic (exact) mass is 278 g/mol. The molecular formula is C13H10O7. The number of hydrogen-bond acceptors (Lipinski definition) is 6. The number of carboxylic acids is 1. The van der Waals surface area contributed by atoms with E-state index < -0.39 is 41.1 Å². The highest BCUT2D eigenvalue weighted by molar-refractivity contribution is 6.15. The van der Waals surface area contributed by atoms with E-state index in [2.05, 4.69) is 0 Å². The van der Waals surface area contributed by atoms with Crippen molar-refractivity contribution in [2.24, 2.45) is 0 Å². The fraction of sp³-hybridized carbons (Fsp3) is 0.231. The minimum absolute atomic E-state index is 0.0201. The minimum Gasteiger partial charge on any atom is -0.478 e. The first kappa shape index (κ1) is 12.8. The van der Waals surface area contributed by atoms with Gasteiger partial charge in [-0.05, 0) is 0 Å². The Morgan fingerprint density at radius 2 is 1.90 bits per heavy atom. The van der Waals surface area contributed by atoms with E-state index in [1.165, 1.54) is 24.3 Å². The summed E-state index contributed by atoms with van der Waals surface area (Å²) in [7, 11) is 0. The number of hydrogen-bond donors (Lipinski definition) is 4. The third kappa shape index (κ3) is 1.15. The van der Waals surface area contributed by atoms with Gasteiger partial charge in [0, 0.05) is 11.1 Å². The maximum Gasteiger partial charge on any atom is 0.338 e. The Kier molecular flexibility index (Phi) is 2.34. The van der Waals surface area contributed by atoms with Crippen LogP contribution in [-0.4, -0.2) is 44.4 Å². The van der Waals surface area contributed by atoms with E-state index in [1.807, 2.05) is 0 Å². The number of aliphatic hydroxyl groups is 3. The summed E-state index contributed by atoms with van der Waals surface area (Å²) in [6, 6.07) is 5.73. The van der Waals surface area contributed by atoms with Crippen LogP contribution in [0.15, 0.2) is 35.6 Å². The summed E-state index contributed by atoms with van der Waals surface area (Å²) in [5, 5.41) is 39.4. The normalized spacial score (nSPS) is 31.1. The number of aliphatic hydroxyl groups excluding tert-OH is 1. The van der Waals surface area contributed by atoms with Crippen LogP contribution >= 0.6 is 0 Å². The van der Waals surface area contributed by atoms with Gasteiger partial charge in [-0.15, -0.1) is 0 Å². The molecule has 4 N–H and O–H groups in total. The lowest BCUT2D eigenvalue weighted by Gasteiger charge is -2.29. The lowest BCUT2D eigenvalue weighted by Crippen LogP contribution is -2.52. The smallest absolute Gasteiger partial charge is 0.338 e. The molecule has 7 heteroatoms. The number of aliphatic carboxylic acids is 1. The molecule has 0 radical (unpaired) electrons. The van der Waals surface area contributed by atoms with Crippen molar-refractivity contribution in [1.82, 2.24) is 0 Å². The Morgan fingerprint density at radius 3 is 2.50 bits per heavy atom. The second-order valence-electron chi connectivity index (χ2n) is 4.59. The molecule has 0 saturated carbocycles. The van der Waals surface area contributed by atoms with Crippen molar-refractivity contribution in [3.63, 3.8) is 0 Å². The van der Waals surface area contributed by atoms with Gasteiger partial charge in [-0.1, -0.05) is 24.3 Å². The number of carbonyl (C=O) groups excluding carboxylic acids is 1. The molecule has 0 spiro atoms. The van der Waals surface area contributed by atoms with Crippen LogP contribution in [0.4, 0.5) is 0 Å². The SMILES string of the molecule is O=C(O)C1=C(CO)O[C@@]2(O)c3ccccc3C(=O)[C@@]12O. The number of carboxylic acid groups (broad SMARTS) is 1. The molecule has 1 aliphatic heterocycles. The first-order chi connectivity index (χ1) is 9.38. The molecular weight excluding hydrogens is 268 g/mol. The fourth-order valence-corrected chi connectivity index (χ4v) is 2.75. The first-order valence-electron chi connectivity index (χ1n) is 5.73. The second kappa shape index (κ2) is 3.66. The molecule has 2 atom stereocenters. The summed E-state index contributed by atoms with van der Waals surface area (Å²) in [6.07, 6.45) is 0. The molecule has 0 fully saturated rings. The molecule has 0 amide bonds. The molecule has 0 unspecified atom stereocenters. The average Bonchev–Trinajstić information content (AvgIpc) is 2.76. The maximum atomic E-state index is 12.3. The van der Waals surface area contributed by atoms with E-state index in [0.29, 0.717) is 0 Å². The third-order valence-corrected chi connectivity index (χ3v) is 3.62. The number of fused-ring (bicyclic) bond motifs is 3. The molecule has 0 aromatic heterocycles. The van der Waals surface area contributed by atoms with Crippen LogP contribution in [0.5, 0.6) is 0 Å². The van der Waals surface area contributed by atoms with Gasteiger partial charge in [0.15, 0.2) is 0 Å². The molecule has 20 heavy (non-hydrogen) atoms. The Hall–Kier alpha value is -2.22. The number of carbonyl (C=O) groups is 2. The van der Waals surface area contributed by atoms with Crippen LogP contribution in [0, 0.1) is 0 Å². The highest BCUT2D eigenvalue weighted by Crippen LogP contribution is 2.54. The van der Waals surface area contributed by atoms with Crippen molar-refractivity contribution in [2.45, 2.75) is 11.4 Å². The predicted octanol–water partition coefficient (Wildman–Crippen LogP) is -0.880. The van der Waals surface area contributed by atoms with E-state index in [1.54, 1.807) is 0 Å². The Morgan fingerprint density at radius 1 is 1.25 bits per heavy atom. The van der Waals surface area contributed by atoms with Gasteiger partial charge >= 0.3 is 5.97 Å². The van der Waals surface area contributed by atoms with Gasteiger partial charge in [-0.2, -0.15) is 0 Å². The van der Waals surface area contributed by atoms with Crippen molar-refractivity contribution in [3.8, 4) is 0 Å². The molecule has 0 bridgehead atoms. The van der Waals surface area contributed by atoms with Crippen molar-refractivity contribution in [3.05, 3.63) is 46.7 Å². The van der Waals surface area contributed by atoms with Crippen molar-refractivity contribution in [1.29, 1.82) is 0 Å². The molecule has 104 valence electrons. The summed E-state index contributed by atoms with van der Waals surface area (Å²) in [5.41, 5.74) is -3.66. The van der Waals surface area contributed by atoms with Crippen LogP contribution in [0.1, 0.15) is 15.9 Å². The quantitative estimate of drug-likeness (QED) is 0.553. The number of rotatable bonds is 2. The van der Waals surface area contributed by atoms with E-state index in [-0.39, 0.29) is 11.1 Å². The lowest BCUT2D eigenvalue weighted by molar-refractivity contribution is -0.238. The zero-order valence-electron chi connectivity index (χ0n) is 10.0. The fourth-order valence-electron chi connectivity index (χ4n) is 2.75. The van der Waals surface area contributed by atoms with E-state index >= 15 is 0 Å². The van der Waals surface area contributed by atoms with E-state index in [4.69, 9.17) is 14.9 Å². The maximum absolute atomic E-state index is 12.3. The Labute approximate surface area is 112 Å². The lowest BCUT2D eigenvalue weighted by atomic mass is 9.86. The largest absolute Gasteiger partial charge is 0.478 e. The molecule has 1 aromatic carbocycles. The van der Waals surface area contributed by atoms with Crippen LogP contribution in [0.2, 0.25) is 0 Å². The molecule has 3 rings (SSSR count). The third-order valence-electron chi connectivity index (χ3n) is 3.62. The van der Waals surface area contributed by atoms with Crippen molar-refractivity contribution in [2.75, 3.05) is 6.61 Å². The summed E-state index contributed by atoms with van der Waals surface area (Å²) in [6.45, 7) is -0.859. The predicted molar refractivity (Wildman–Crippen MR) is 62.5 cm³/mol. The van der Waals surface area contributed by atoms with Gasteiger partial charge in [0.1, 0.15) is 17.9 Å². The molecule has 2 aliphatic rings. The van der Waals surface area contributed by atoms with Crippen LogP contribution in [-0.2, 0) is 15.3 Å². The summed E-state index contributed by atoms with van der Waals surface area (Å²) >= 11 is 0. The zero-order valence-corrected chi connectivity index (χ0v) is 10.0. The first-order valence-corrected chi connectivity index (χ1v) is 5.73. The minimum atomic E-state index is -2.76. The van der Waals surface area contributed by atoms with Crippen LogP contribution in [0.25, 0.3) is 0 Å². The Bertz CT molecular complexity index is 677. The molecule has 1 aliphatic carbocycles. The number of Topliss-reactive ketones (excluding diaryl/α,β-unsaturated/α-hetero) is 1. The number of ketones is 1. The van der Waals surface area contributed by atoms with Gasteiger partial charge in [-0.3, -0.25) is 4.79 Å². The van der Waals surface area contributed by atoms with Crippen LogP contribution in [0.3, 0.4) is 0 Å². The highest BCUT2D eigenvalue weighted by atomic mass is 16.7. The van der Waals surface area contributed by atoms with E-state index in [0.717, 1.165) is 0 Å². The van der Waals surface area contributed by atoms with Gasteiger partial charge < -0.3 is 25.2 Å². The standard InChI is InChI=1S/C13H10O7/c14-5-8-9(11(16)17)12(18)10(15)6-3-1-2-4-7(6)13(12,19)20-8/h1-4,14,18-19H,5H2,(H,16,17)/t12-,13-/m0/s1. The molecule has 1 heterocycles. The topological polar surface area (TPSA) is 124 Å². The summed E-state index contributed by atoms with van der Waals surface area (Å²) in [4.78, 5) is 23.6. The molecule has 0 saturated heterocycles. The summed E-state index contributed by atoms with van der Waals surface area (Å²) < 4.78 is 5.03. The van der Waals surface area contributed by atoms with Gasteiger partial charge in [0.25, 0.3) is 5.79 Å². The average molecular weight is 278 g/mol. The van der Waals surface area contributed by atoms with E-state index in [9.17, 15) is 19.8 Å². The number of ether oxygens (including phenoxy) is 1. The van der Waals surface area contributed by atoms with Crippen molar-refractivity contribution < 1.29 is 34.8 Å². The van der Waals surface area contributed by atoms with Gasteiger partial charge in [0.2, 0.25) is 11.4 Å². The molecule has 7 nitrogen and oxygen atoms in total. The van der Waals surface area contributed by atoms with Crippen LogP contribution < -0.4 is 0 Å². The number of benzene rings is 1. The van der Waals surface area contributed by atoms with Gasteiger partial charge in [-0.25, -0.2) is 4.79 Å². The Balaban J connectivity index is 2.32.